The van der Waals surface area contributed by atoms with Crippen molar-refractivity contribution < 1.29 is 38.7 Å². The molecule has 0 saturated carbocycles. The van der Waals surface area contributed by atoms with Crippen LogP contribution in [-0.4, -0.2) is 59.0 Å². The number of carbonyl (C=O) groups excluding carboxylic acids is 2. The first-order valence-corrected chi connectivity index (χ1v) is 8.50. The maximum atomic E-state index is 12.3. The van der Waals surface area contributed by atoms with Gasteiger partial charge in [0, 0.05) is 32.4 Å². The van der Waals surface area contributed by atoms with Crippen molar-refractivity contribution in [3.05, 3.63) is 23.0 Å². The summed E-state index contributed by atoms with van der Waals surface area (Å²) in [5.74, 6) is -2.79. The van der Waals surface area contributed by atoms with Crippen LogP contribution in [0.25, 0.3) is 0 Å². The van der Waals surface area contributed by atoms with Crippen molar-refractivity contribution in [2.24, 2.45) is 0 Å². The van der Waals surface area contributed by atoms with Gasteiger partial charge in [0.2, 0.25) is 0 Å². The van der Waals surface area contributed by atoms with Gasteiger partial charge in [-0.15, -0.1) is 0 Å². The van der Waals surface area contributed by atoms with E-state index in [0.29, 0.717) is 12.0 Å². The van der Waals surface area contributed by atoms with E-state index in [1.165, 1.54) is 21.0 Å². The molecule has 0 radical (unpaired) electrons. The highest BCUT2D eigenvalue weighted by Crippen LogP contribution is 2.49. The first-order valence-electron chi connectivity index (χ1n) is 8.50. The van der Waals surface area contributed by atoms with Crippen LogP contribution < -0.4 is 0 Å². The predicted molar refractivity (Wildman–Crippen MR) is 87.5 cm³/mol. The average Bonchev–Trinajstić information content (AvgIpc) is 2.97. The zero-order valence-electron chi connectivity index (χ0n) is 15.3. The summed E-state index contributed by atoms with van der Waals surface area (Å²) in [7, 11) is 1.43. The van der Waals surface area contributed by atoms with Gasteiger partial charge in [-0.05, 0) is 26.3 Å². The van der Waals surface area contributed by atoms with E-state index in [1.807, 2.05) is 0 Å². The molecule has 1 fully saturated rings. The van der Waals surface area contributed by atoms with Gasteiger partial charge < -0.3 is 29.2 Å². The number of aliphatic hydroxyl groups is 2. The van der Waals surface area contributed by atoms with Crippen LogP contribution in [0.1, 0.15) is 40.0 Å². The molecule has 8 nitrogen and oxygen atoms in total. The SMILES string of the molecule is COCC1=C2/C(=C\[C@@]3(C)CC[C@@](O)(O3)[C@](C)(O)C[C@@H]2OC(C)=O)OC1=O. The average molecular weight is 368 g/mol. The number of ether oxygens (including phenoxy) is 4. The summed E-state index contributed by atoms with van der Waals surface area (Å²) in [6.07, 6.45) is 1.03. The number of carbonyl (C=O) groups is 2. The Morgan fingerprint density at radius 1 is 1.35 bits per heavy atom. The highest BCUT2D eigenvalue weighted by atomic mass is 16.7. The molecular formula is C18H24O8. The van der Waals surface area contributed by atoms with E-state index in [0.717, 1.165) is 0 Å². The Morgan fingerprint density at radius 2 is 2.04 bits per heavy atom. The molecule has 3 aliphatic heterocycles. The maximum Gasteiger partial charge on any atom is 0.342 e. The van der Waals surface area contributed by atoms with Crippen LogP contribution in [0.15, 0.2) is 23.0 Å². The molecule has 0 aromatic carbocycles. The molecule has 0 amide bonds. The normalized spacial score (nSPS) is 41.5. The number of hydrogen-bond acceptors (Lipinski definition) is 8. The predicted octanol–water partition coefficient (Wildman–Crippen LogP) is 0.714. The third kappa shape index (κ3) is 3.07. The van der Waals surface area contributed by atoms with Gasteiger partial charge in [0.1, 0.15) is 17.5 Å². The lowest BCUT2D eigenvalue weighted by molar-refractivity contribution is -0.298. The largest absolute Gasteiger partial charge is 0.457 e. The van der Waals surface area contributed by atoms with Crippen molar-refractivity contribution in [1.29, 1.82) is 0 Å². The first-order chi connectivity index (χ1) is 12.0. The summed E-state index contributed by atoms with van der Waals surface area (Å²) >= 11 is 0. The molecule has 3 rings (SSSR count). The molecule has 8 heteroatoms. The fourth-order valence-electron chi connectivity index (χ4n) is 3.80. The van der Waals surface area contributed by atoms with Crippen molar-refractivity contribution >= 4 is 11.9 Å². The van der Waals surface area contributed by atoms with Gasteiger partial charge in [-0.2, -0.15) is 0 Å². The summed E-state index contributed by atoms with van der Waals surface area (Å²) < 4.78 is 21.7. The fourth-order valence-corrected chi connectivity index (χ4v) is 3.80. The molecular weight excluding hydrogens is 344 g/mol. The Kier molecular flexibility index (Phi) is 4.51. The summed E-state index contributed by atoms with van der Waals surface area (Å²) in [5.41, 5.74) is -2.12. The quantitative estimate of drug-likeness (QED) is 0.701. The van der Waals surface area contributed by atoms with E-state index in [2.05, 4.69) is 0 Å². The molecule has 0 spiro atoms. The molecule has 0 aromatic rings. The third-order valence-electron chi connectivity index (χ3n) is 5.18. The lowest BCUT2D eigenvalue weighted by atomic mass is 9.82. The van der Waals surface area contributed by atoms with Gasteiger partial charge in [-0.1, -0.05) is 0 Å². The summed E-state index contributed by atoms with van der Waals surface area (Å²) in [5, 5.41) is 21.9. The summed E-state index contributed by atoms with van der Waals surface area (Å²) in [4.78, 5) is 24.0. The van der Waals surface area contributed by atoms with Crippen molar-refractivity contribution in [3.63, 3.8) is 0 Å². The van der Waals surface area contributed by atoms with Crippen LogP contribution in [0.4, 0.5) is 0 Å². The Balaban J connectivity index is 2.19. The monoisotopic (exact) mass is 368 g/mol. The molecule has 1 saturated heterocycles. The van der Waals surface area contributed by atoms with Crippen LogP contribution in [0.3, 0.4) is 0 Å². The van der Waals surface area contributed by atoms with Crippen LogP contribution in [-0.2, 0) is 28.5 Å². The molecule has 0 unspecified atom stereocenters. The van der Waals surface area contributed by atoms with E-state index in [4.69, 9.17) is 18.9 Å². The zero-order valence-corrected chi connectivity index (χ0v) is 15.3. The lowest BCUT2D eigenvalue weighted by Gasteiger charge is -2.40. The molecule has 0 aliphatic carbocycles. The number of rotatable bonds is 3. The number of fused-ring (bicyclic) bond motifs is 3. The van der Waals surface area contributed by atoms with E-state index in [1.54, 1.807) is 13.0 Å². The molecule has 2 bridgehead atoms. The molecule has 26 heavy (non-hydrogen) atoms. The van der Waals surface area contributed by atoms with Crippen molar-refractivity contribution in [3.8, 4) is 0 Å². The molecule has 4 atom stereocenters. The Hall–Kier alpha value is -1.74. The van der Waals surface area contributed by atoms with E-state index < -0.39 is 35.0 Å². The second kappa shape index (κ2) is 6.16. The minimum atomic E-state index is -1.82. The highest BCUT2D eigenvalue weighted by Gasteiger charge is 2.58. The van der Waals surface area contributed by atoms with Crippen LogP contribution in [0.5, 0.6) is 0 Å². The summed E-state index contributed by atoms with van der Waals surface area (Å²) in [6.45, 7) is 4.36. The lowest BCUT2D eigenvalue weighted by Crippen LogP contribution is -2.54. The van der Waals surface area contributed by atoms with E-state index in [-0.39, 0.29) is 30.8 Å². The number of hydrogen-bond donors (Lipinski definition) is 2. The van der Waals surface area contributed by atoms with Gasteiger partial charge in [0.15, 0.2) is 5.79 Å². The molecule has 2 N–H and O–H groups in total. The van der Waals surface area contributed by atoms with Crippen molar-refractivity contribution in [2.75, 3.05) is 13.7 Å². The summed E-state index contributed by atoms with van der Waals surface area (Å²) in [6, 6.07) is 0. The number of esters is 2. The fraction of sp³-hybridized carbons (Fsp3) is 0.667. The Morgan fingerprint density at radius 3 is 2.65 bits per heavy atom. The smallest absolute Gasteiger partial charge is 0.342 e. The standard InChI is InChI=1S/C18H24O8/c1-10(19)24-13-8-17(3,21)18(22)6-5-16(2,26-18)7-12-14(13)11(9-23-4)15(20)25-12/h7,13,21-22H,5-6,8-9H2,1-4H3/b12-7+/t13-,16+,17+,18+/m0/s1. The van der Waals surface area contributed by atoms with E-state index in [9.17, 15) is 19.8 Å². The maximum absolute atomic E-state index is 12.3. The first kappa shape index (κ1) is 19.0. The third-order valence-corrected chi connectivity index (χ3v) is 5.18. The Bertz CT molecular complexity index is 706. The molecule has 3 heterocycles. The number of methoxy groups -OCH3 is 1. The second-order valence-corrected chi connectivity index (χ2v) is 7.50. The minimum absolute atomic E-state index is 0.0345. The molecule has 0 aromatic heterocycles. The molecule has 144 valence electrons. The van der Waals surface area contributed by atoms with Crippen LogP contribution in [0.2, 0.25) is 0 Å². The van der Waals surface area contributed by atoms with Crippen LogP contribution >= 0.6 is 0 Å². The van der Waals surface area contributed by atoms with Gasteiger partial charge in [-0.25, -0.2) is 4.79 Å². The second-order valence-electron chi connectivity index (χ2n) is 7.50. The van der Waals surface area contributed by atoms with Gasteiger partial charge >= 0.3 is 11.9 Å². The molecule has 3 aliphatic rings. The van der Waals surface area contributed by atoms with Gasteiger partial charge in [0.05, 0.1) is 17.8 Å². The van der Waals surface area contributed by atoms with Gasteiger partial charge in [0.25, 0.3) is 0 Å². The van der Waals surface area contributed by atoms with E-state index >= 15 is 0 Å². The van der Waals surface area contributed by atoms with Crippen molar-refractivity contribution in [2.45, 2.75) is 63.1 Å². The topological polar surface area (TPSA) is 112 Å². The zero-order chi connectivity index (χ0) is 19.3. The minimum Gasteiger partial charge on any atom is -0.457 e. The van der Waals surface area contributed by atoms with Gasteiger partial charge in [-0.3, -0.25) is 4.79 Å². The van der Waals surface area contributed by atoms with Crippen molar-refractivity contribution in [1.82, 2.24) is 0 Å². The van der Waals surface area contributed by atoms with Crippen LogP contribution in [0, 0.1) is 0 Å². The Labute approximate surface area is 151 Å². The highest BCUT2D eigenvalue weighted by molar-refractivity contribution is 5.95.